The number of amides is 2. The van der Waals surface area contributed by atoms with E-state index in [1.165, 1.54) is 30.5 Å². The second-order valence-electron chi connectivity index (χ2n) is 7.82. The first-order valence-corrected chi connectivity index (χ1v) is 12.3. The first-order valence-electron chi connectivity index (χ1n) is 10.0. The van der Waals surface area contributed by atoms with E-state index in [0.717, 1.165) is 0 Å². The van der Waals surface area contributed by atoms with Gasteiger partial charge < -0.3 is 15.3 Å². The van der Waals surface area contributed by atoms with Gasteiger partial charge in [-0.15, -0.1) is 4.36 Å². The predicted molar refractivity (Wildman–Crippen MR) is 122 cm³/mol. The van der Waals surface area contributed by atoms with E-state index in [-0.39, 0.29) is 52.9 Å². The van der Waals surface area contributed by atoms with Crippen LogP contribution in [0, 0.1) is 6.92 Å². The first-order chi connectivity index (χ1) is 15.4. The summed E-state index contributed by atoms with van der Waals surface area (Å²) in [6, 6.07) is 7.38. The molecule has 2 amide bonds. The first kappa shape index (κ1) is 24.8. The number of pyridine rings is 1. The normalized spacial score (nSPS) is 17.5. The number of benzene rings is 1. The molecule has 33 heavy (non-hydrogen) atoms. The number of nitrogens with one attached hydrogen (secondary N) is 1. The Morgan fingerprint density at radius 1 is 1.27 bits per heavy atom. The fraction of sp³-hybridized carbons (Fsp3) is 0.381. The summed E-state index contributed by atoms with van der Waals surface area (Å²) in [6.07, 6.45) is -0.743. The van der Waals surface area contributed by atoms with E-state index in [9.17, 15) is 22.6 Å². The summed E-state index contributed by atoms with van der Waals surface area (Å²) < 4.78 is 43.5. The number of nitrogens with zero attached hydrogens (tertiary/aromatic N) is 3. The van der Waals surface area contributed by atoms with E-state index in [1.54, 1.807) is 17.9 Å². The van der Waals surface area contributed by atoms with E-state index in [0.29, 0.717) is 12.1 Å². The molecule has 1 atom stereocenters. The van der Waals surface area contributed by atoms with Crippen LogP contribution in [-0.4, -0.2) is 51.6 Å². The van der Waals surface area contributed by atoms with Gasteiger partial charge in [-0.2, -0.15) is 0 Å². The minimum Gasteiger partial charge on any atom is -0.463 e. The van der Waals surface area contributed by atoms with Gasteiger partial charge in [0.15, 0.2) is 0 Å². The van der Waals surface area contributed by atoms with Crippen molar-refractivity contribution in [2.45, 2.75) is 37.0 Å². The van der Waals surface area contributed by atoms with Crippen molar-refractivity contribution in [2.75, 3.05) is 29.6 Å². The van der Waals surface area contributed by atoms with Gasteiger partial charge in [0.05, 0.1) is 15.3 Å². The Morgan fingerprint density at radius 2 is 2.00 bits per heavy atom. The molecule has 0 saturated carbocycles. The van der Waals surface area contributed by atoms with E-state index in [2.05, 4.69) is 14.7 Å². The second kappa shape index (κ2) is 9.60. The maximum atomic E-state index is 13.9. The molecule has 2 aromatic rings. The summed E-state index contributed by atoms with van der Waals surface area (Å²) >= 11 is 6.11. The average Bonchev–Trinajstić information content (AvgIpc) is 2.87. The monoisotopic (exact) mass is 500 g/mol. The number of carbonyl (C=O) groups excluding carboxylic acids is 1. The van der Waals surface area contributed by atoms with Gasteiger partial charge >= 0.3 is 6.09 Å². The Labute approximate surface area is 195 Å². The Hall–Kier alpha value is -2.79. The van der Waals surface area contributed by atoms with Crippen LogP contribution in [0.1, 0.15) is 35.2 Å². The van der Waals surface area contributed by atoms with Crippen LogP contribution in [0.15, 0.2) is 39.6 Å². The van der Waals surface area contributed by atoms with Gasteiger partial charge in [0.1, 0.15) is 11.0 Å². The topological polar surface area (TPSA) is 112 Å². The Morgan fingerprint density at radius 3 is 2.70 bits per heavy atom. The fourth-order valence-electron chi connectivity index (χ4n) is 3.61. The van der Waals surface area contributed by atoms with Crippen molar-refractivity contribution >= 4 is 44.8 Å². The molecule has 8 nitrogen and oxygen atoms in total. The highest BCUT2D eigenvalue weighted by Gasteiger charge is 2.33. The van der Waals surface area contributed by atoms with E-state index < -0.39 is 27.7 Å². The number of carboxylic acid groups (broad SMARTS) is 1. The van der Waals surface area contributed by atoms with Crippen molar-refractivity contribution in [2.24, 2.45) is 4.36 Å². The van der Waals surface area contributed by atoms with Gasteiger partial charge in [-0.05, 0) is 43.2 Å². The highest BCUT2D eigenvalue weighted by Crippen LogP contribution is 2.32. The molecular formula is C21H23ClF2N4O4S. The van der Waals surface area contributed by atoms with Gasteiger partial charge in [-0.1, -0.05) is 17.7 Å². The number of rotatable bonds is 4. The van der Waals surface area contributed by atoms with Crippen LogP contribution < -0.4 is 10.2 Å². The number of anilines is 2. The minimum absolute atomic E-state index is 0.0180. The fourth-order valence-corrected chi connectivity index (χ4v) is 4.93. The average molecular weight is 501 g/mol. The number of carbonyl (C=O) groups is 2. The third-order valence-corrected chi connectivity index (χ3v) is 7.02. The van der Waals surface area contributed by atoms with Crippen molar-refractivity contribution in [3.8, 4) is 0 Å². The van der Waals surface area contributed by atoms with Crippen molar-refractivity contribution in [3.05, 3.63) is 46.6 Å². The molecule has 1 aliphatic heterocycles. The van der Waals surface area contributed by atoms with Gasteiger partial charge in [0, 0.05) is 42.8 Å². The second-order valence-corrected chi connectivity index (χ2v) is 10.5. The minimum atomic E-state index is -3.22. The highest BCUT2D eigenvalue weighted by atomic mass is 35.5. The van der Waals surface area contributed by atoms with Crippen molar-refractivity contribution < 1.29 is 27.7 Å². The number of aromatic nitrogens is 1. The van der Waals surface area contributed by atoms with Crippen LogP contribution in [0.2, 0.25) is 5.15 Å². The zero-order valence-corrected chi connectivity index (χ0v) is 19.6. The van der Waals surface area contributed by atoms with Crippen LogP contribution in [0.5, 0.6) is 0 Å². The zero-order valence-electron chi connectivity index (χ0n) is 18.0. The summed E-state index contributed by atoms with van der Waals surface area (Å²) in [4.78, 5) is 30.1. The molecule has 1 unspecified atom stereocenters. The molecule has 2 heterocycles. The Kier molecular flexibility index (Phi) is 7.23. The van der Waals surface area contributed by atoms with E-state index in [4.69, 9.17) is 16.7 Å². The summed E-state index contributed by atoms with van der Waals surface area (Å²) in [7, 11) is -3.22. The lowest BCUT2D eigenvalue weighted by molar-refractivity contribution is -0.0102. The highest BCUT2D eigenvalue weighted by molar-refractivity contribution is 7.93. The van der Waals surface area contributed by atoms with Gasteiger partial charge in [-0.25, -0.2) is 22.8 Å². The number of aryl methyl sites for hydroxylation is 1. The molecule has 3 rings (SSSR count). The van der Waals surface area contributed by atoms with Crippen LogP contribution in [0.3, 0.4) is 0 Å². The quantitative estimate of drug-likeness (QED) is 0.568. The van der Waals surface area contributed by atoms with E-state index in [1.807, 2.05) is 0 Å². The SMILES string of the molecule is Cc1cc(Cl)nc(N2CCCC(F)(F)CC2)c1C(=O)Nc1cccc(S(C)(=O)=NC(=O)O)c1. The summed E-state index contributed by atoms with van der Waals surface area (Å²) in [6.45, 7) is 1.98. The van der Waals surface area contributed by atoms with Crippen molar-refractivity contribution in [1.82, 2.24) is 4.98 Å². The molecule has 0 aliphatic carbocycles. The lowest BCUT2D eigenvalue weighted by Crippen LogP contribution is -2.30. The van der Waals surface area contributed by atoms with Gasteiger partial charge in [-0.3, -0.25) is 4.79 Å². The van der Waals surface area contributed by atoms with E-state index >= 15 is 0 Å². The van der Waals surface area contributed by atoms with Crippen LogP contribution in [0.25, 0.3) is 0 Å². The number of hydrogen-bond acceptors (Lipinski definition) is 5. The molecule has 0 radical (unpaired) electrons. The Balaban J connectivity index is 1.95. The van der Waals surface area contributed by atoms with Gasteiger partial charge in [0.25, 0.3) is 5.91 Å². The molecule has 1 aromatic heterocycles. The lowest BCUT2D eigenvalue weighted by Gasteiger charge is -2.25. The summed E-state index contributed by atoms with van der Waals surface area (Å²) in [5.74, 6) is -3.12. The molecule has 0 spiro atoms. The standard InChI is InChI=1S/C21H23ClF2N4O4S/c1-13-11-16(22)26-18(28-9-4-7-21(23,24)8-10-28)17(13)19(29)25-14-5-3-6-15(12-14)33(2,32)27-20(30)31/h3,5-6,11-12H,4,7-10H2,1-2H3,(H,25,29)(H,30,31). The Bertz CT molecular complexity index is 1210. The van der Waals surface area contributed by atoms with Crippen LogP contribution in [0.4, 0.5) is 25.1 Å². The molecule has 1 aromatic carbocycles. The molecule has 12 heteroatoms. The number of halogens is 3. The third-order valence-electron chi connectivity index (χ3n) is 5.19. The third kappa shape index (κ3) is 6.17. The largest absolute Gasteiger partial charge is 0.463 e. The van der Waals surface area contributed by atoms with Crippen LogP contribution >= 0.6 is 11.6 Å². The zero-order chi connectivity index (χ0) is 24.4. The maximum absolute atomic E-state index is 13.9. The van der Waals surface area contributed by atoms with Crippen molar-refractivity contribution in [1.29, 1.82) is 0 Å². The molecule has 2 N–H and O–H groups in total. The molecule has 1 aliphatic rings. The van der Waals surface area contributed by atoms with Crippen LogP contribution in [-0.2, 0) is 9.73 Å². The summed E-state index contributed by atoms with van der Waals surface area (Å²) in [5, 5.41) is 11.7. The molecular weight excluding hydrogens is 478 g/mol. The molecule has 1 saturated heterocycles. The molecule has 178 valence electrons. The smallest absolute Gasteiger partial charge is 0.439 e. The summed E-state index contributed by atoms with van der Waals surface area (Å²) in [5.41, 5.74) is 0.952. The van der Waals surface area contributed by atoms with Crippen molar-refractivity contribution in [3.63, 3.8) is 0 Å². The van der Waals surface area contributed by atoms with Gasteiger partial charge in [0.2, 0.25) is 5.92 Å². The molecule has 0 bridgehead atoms. The number of alkyl halides is 2. The molecule has 1 fully saturated rings. The predicted octanol–water partition coefficient (Wildman–Crippen LogP) is 5.06. The maximum Gasteiger partial charge on any atom is 0.439 e. The number of hydrogen-bond donors (Lipinski definition) is 2. The lowest BCUT2D eigenvalue weighted by atomic mass is 10.1.